The summed E-state index contributed by atoms with van der Waals surface area (Å²) in [6.45, 7) is 10.9. The van der Waals surface area contributed by atoms with Crippen LogP contribution >= 0.6 is 0 Å². The van der Waals surface area contributed by atoms with Crippen LogP contribution in [-0.4, -0.2) is 91.7 Å². The molecule has 1 aromatic carbocycles. The van der Waals surface area contributed by atoms with Crippen LogP contribution in [0, 0.1) is 13.8 Å². The summed E-state index contributed by atoms with van der Waals surface area (Å²) in [7, 11) is 2.15. The Bertz CT molecular complexity index is 905. The molecule has 3 heterocycles. The van der Waals surface area contributed by atoms with Gasteiger partial charge in [0.05, 0.1) is 0 Å². The Morgan fingerprint density at radius 2 is 1.61 bits per heavy atom. The Kier molecular flexibility index (Phi) is 6.56. The average Bonchev–Trinajstić information content (AvgIpc) is 2.78. The highest BCUT2D eigenvalue weighted by molar-refractivity contribution is 5.78. The highest BCUT2D eigenvalue weighted by atomic mass is 16.5. The van der Waals surface area contributed by atoms with Gasteiger partial charge in [0.2, 0.25) is 5.95 Å². The number of hydrogen-bond acceptors (Lipinski definition) is 7. The Morgan fingerprint density at radius 3 is 2.32 bits per heavy atom. The van der Waals surface area contributed by atoms with Gasteiger partial charge in [0.25, 0.3) is 5.91 Å². The fraction of sp³-hybridized carbons (Fsp3) is 0.522. The molecule has 0 saturated carbocycles. The molecule has 2 aromatic rings. The lowest BCUT2D eigenvalue weighted by Gasteiger charge is -2.36. The van der Waals surface area contributed by atoms with E-state index in [-0.39, 0.29) is 12.5 Å². The van der Waals surface area contributed by atoms with E-state index in [9.17, 15) is 4.79 Å². The van der Waals surface area contributed by atoms with Crippen molar-refractivity contribution >= 4 is 17.7 Å². The minimum atomic E-state index is 0.0196. The van der Waals surface area contributed by atoms with E-state index >= 15 is 0 Å². The molecule has 2 fully saturated rings. The van der Waals surface area contributed by atoms with E-state index in [0.717, 1.165) is 68.0 Å². The van der Waals surface area contributed by atoms with Crippen molar-refractivity contribution in [3.63, 3.8) is 0 Å². The first-order valence-electron chi connectivity index (χ1n) is 11.0. The van der Waals surface area contributed by atoms with Crippen LogP contribution in [0.2, 0.25) is 0 Å². The second-order valence-electron chi connectivity index (χ2n) is 8.38. The zero-order chi connectivity index (χ0) is 21.8. The second kappa shape index (κ2) is 9.51. The lowest BCUT2D eigenvalue weighted by atomic mass is 10.2. The van der Waals surface area contributed by atoms with Gasteiger partial charge in [-0.25, -0.2) is 4.98 Å². The molecule has 4 rings (SSSR count). The molecular formula is C23H32N6O2. The molecule has 1 amide bonds. The molecule has 0 N–H and O–H groups in total. The minimum Gasteiger partial charge on any atom is -0.484 e. The number of piperazine rings is 2. The molecule has 0 atom stereocenters. The van der Waals surface area contributed by atoms with Crippen LogP contribution in [0.25, 0.3) is 0 Å². The van der Waals surface area contributed by atoms with Gasteiger partial charge in [0.1, 0.15) is 11.6 Å². The summed E-state index contributed by atoms with van der Waals surface area (Å²) in [5, 5.41) is 0. The van der Waals surface area contributed by atoms with Gasteiger partial charge < -0.3 is 24.3 Å². The SMILES string of the molecule is Cc1cc(N2CCN(C)CC2)nc(N2CCN(C(=O)COc3ccccc3C)CC2)n1. The molecule has 166 valence electrons. The van der Waals surface area contributed by atoms with E-state index in [0.29, 0.717) is 13.1 Å². The van der Waals surface area contributed by atoms with Gasteiger partial charge >= 0.3 is 0 Å². The maximum Gasteiger partial charge on any atom is 0.260 e. The first-order valence-corrected chi connectivity index (χ1v) is 11.0. The van der Waals surface area contributed by atoms with Crippen LogP contribution in [0.15, 0.2) is 30.3 Å². The number of carbonyl (C=O) groups excluding carboxylic acids is 1. The first kappa shape index (κ1) is 21.4. The number of nitrogens with zero attached hydrogens (tertiary/aromatic N) is 6. The number of aryl methyl sites for hydroxylation is 2. The van der Waals surface area contributed by atoms with Crippen LogP contribution in [0.5, 0.6) is 5.75 Å². The largest absolute Gasteiger partial charge is 0.484 e. The fourth-order valence-electron chi connectivity index (χ4n) is 3.98. The van der Waals surface area contributed by atoms with E-state index in [2.05, 4.69) is 32.8 Å². The van der Waals surface area contributed by atoms with Crippen molar-refractivity contribution in [2.45, 2.75) is 13.8 Å². The third kappa shape index (κ3) is 5.25. The Morgan fingerprint density at radius 1 is 0.935 bits per heavy atom. The topological polar surface area (TPSA) is 65.0 Å². The summed E-state index contributed by atoms with van der Waals surface area (Å²) in [6.07, 6.45) is 0. The van der Waals surface area contributed by atoms with E-state index in [1.54, 1.807) is 0 Å². The van der Waals surface area contributed by atoms with Gasteiger partial charge in [0.15, 0.2) is 6.61 Å². The van der Waals surface area contributed by atoms with Gasteiger partial charge in [-0.1, -0.05) is 18.2 Å². The molecule has 1 aromatic heterocycles. The summed E-state index contributed by atoms with van der Waals surface area (Å²) >= 11 is 0. The Labute approximate surface area is 184 Å². The normalized spacial score (nSPS) is 17.7. The highest BCUT2D eigenvalue weighted by Gasteiger charge is 2.24. The summed E-state index contributed by atoms with van der Waals surface area (Å²) in [5.74, 6) is 2.54. The molecule has 31 heavy (non-hydrogen) atoms. The van der Waals surface area contributed by atoms with Crippen LogP contribution < -0.4 is 14.5 Å². The number of anilines is 2. The smallest absolute Gasteiger partial charge is 0.260 e. The van der Waals surface area contributed by atoms with Gasteiger partial charge in [-0.2, -0.15) is 4.98 Å². The number of amides is 1. The minimum absolute atomic E-state index is 0.0196. The van der Waals surface area contributed by atoms with Gasteiger partial charge in [-0.05, 0) is 32.5 Å². The Balaban J connectivity index is 1.33. The van der Waals surface area contributed by atoms with Crippen molar-refractivity contribution in [1.29, 1.82) is 0 Å². The standard InChI is InChI=1S/C23H32N6O2/c1-18-6-4-5-7-20(18)31-17-22(30)28-12-14-29(15-13-28)23-24-19(2)16-21(25-23)27-10-8-26(3)9-11-27/h4-7,16H,8-15,17H2,1-3H3. The molecule has 2 aliphatic rings. The number of aromatic nitrogens is 2. The molecule has 0 radical (unpaired) electrons. The maximum atomic E-state index is 12.6. The average molecular weight is 425 g/mol. The van der Waals surface area contributed by atoms with Crippen LogP contribution in [0.3, 0.4) is 0 Å². The van der Waals surface area contributed by atoms with E-state index < -0.39 is 0 Å². The number of benzene rings is 1. The quantitative estimate of drug-likeness (QED) is 0.722. The number of ether oxygens (including phenoxy) is 1. The van der Waals surface area contributed by atoms with Crippen LogP contribution in [-0.2, 0) is 4.79 Å². The summed E-state index contributed by atoms with van der Waals surface area (Å²) in [4.78, 5) is 30.9. The zero-order valence-corrected chi connectivity index (χ0v) is 18.8. The highest BCUT2D eigenvalue weighted by Crippen LogP contribution is 2.20. The van der Waals surface area contributed by atoms with E-state index in [4.69, 9.17) is 9.72 Å². The number of likely N-dealkylation sites (N-methyl/N-ethyl adjacent to an activating group) is 1. The summed E-state index contributed by atoms with van der Waals surface area (Å²) < 4.78 is 5.73. The molecule has 8 heteroatoms. The lowest BCUT2D eigenvalue weighted by molar-refractivity contribution is -0.133. The number of carbonyl (C=O) groups is 1. The zero-order valence-electron chi connectivity index (χ0n) is 18.8. The first-order chi connectivity index (χ1) is 15.0. The van der Waals surface area contributed by atoms with E-state index in [1.807, 2.05) is 43.0 Å². The maximum absolute atomic E-state index is 12.6. The molecule has 0 bridgehead atoms. The summed E-state index contributed by atoms with van der Waals surface area (Å²) in [6, 6.07) is 9.83. The van der Waals surface area contributed by atoms with Crippen molar-refractivity contribution < 1.29 is 9.53 Å². The predicted octanol–water partition coefficient (Wildman–Crippen LogP) is 1.57. The lowest BCUT2D eigenvalue weighted by Crippen LogP contribution is -2.50. The van der Waals surface area contributed by atoms with Crippen molar-refractivity contribution in [3.8, 4) is 5.75 Å². The Hall–Kier alpha value is -2.87. The predicted molar refractivity (Wildman–Crippen MR) is 122 cm³/mol. The third-order valence-electron chi connectivity index (χ3n) is 6.02. The fourth-order valence-corrected chi connectivity index (χ4v) is 3.98. The number of para-hydroxylation sites is 1. The monoisotopic (exact) mass is 424 g/mol. The molecule has 8 nitrogen and oxygen atoms in total. The molecule has 2 aliphatic heterocycles. The molecule has 0 spiro atoms. The van der Waals surface area contributed by atoms with Crippen molar-refractivity contribution in [1.82, 2.24) is 19.8 Å². The van der Waals surface area contributed by atoms with Crippen molar-refractivity contribution in [2.75, 3.05) is 75.8 Å². The van der Waals surface area contributed by atoms with Crippen LogP contribution in [0.4, 0.5) is 11.8 Å². The number of rotatable bonds is 5. The van der Waals surface area contributed by atoms with E-state index in [1.165, 1.54) is 0 Å². The van der Waals surface area contributed by atoms with Crippen molar-refractivity contribution in [3.05, 3.63) is 41.6 Å². The van der Waals surface area contributed by atoms with Gasteiger partial charge in [-0.3, -0.25) is 4.79 Å². The number of hydrogen-bond donors (Lipinski definition) is 0. The molecule has 0 unspecified atom stereocenters. The summed E-state index contributed by atoms with van der Waals surface area (Å²) in [5.41, 5.74) is 2.01. The van der Waals surface area contributed by atoms with Gasteiger partial charge in [0, 0.05) is 64.1 Å². The molecular weight excluding hydrogens is 392 g/mol. The molecule has 0 aliphatic carbocycles. The van der Waals surface area contributed by atoms with Gasteiger partial charge in [-0.15, -0.1) is 0 Å². The second-order valence-corrected chi connectivity index (χ2v) is 8.38. The molecule has 2 saturated heterocycles. The van der Waals surface area contributed by atoms with Crippen molar-refractivity contribution in [2.24, 2.45) is 0 Å². The third-order valence-corrected chi connectivity index (χ3v) is 6.02. The van der Waals surface area contributed by atoms with Crippen LogP contribution in [0.1, 0.15) is 11.3 Å².